The number of carbonyl (C=O) groups is 2. The number of rotatable bonds is 6. The summed E-state index contributed by atoms with van der Waals surface area (Å²) < 4.78 is 0. The Balaban J connectivity index is 1.72. The Hall–Kier alpha value is -1.05. The Labute approximate surface area is 140 Å². The van der Waals surface area contributed by atoms with Crippen LogP contribution in [0, 0.1) is 5.92 Å². The van der Waals surface area contributed by atoms with Crippen molar-refractivity contribution < 1.29 is 19.8 Å². The molecule has 2 fully saturated rings. The van der Waals surface area contributed by atoms with Crippen molar-refractivity contribution in [3.63, 3.8) is 0 Å². The third-order valence-corrected chi connectivity index (χ3v) is 6.33. The van der Waals surface area contributed by atoms with Crippen molar-refractivity contribution >= 4 is 23.6 Å². The highest BCUT2D eigenvalue weighted by molar-refractivity contribution is 8.03. The highest BCUT2D eigenvalue weighted by Crippen LogP contribution is 2.48. The number of fused-ring (bicyclic) bond motifs is 1. The highest BCUT2D eigenvalue weighted by atomic mass is 32.2. The topological polar surface area (TPSA) is 81.1 Å². The van der Waals surface area contributed by atoms with Gasteiger partial charge in [-0.15, -0.1) is 11.8 Å². The van der Waals surface area contributed by atoms with Gasteiger partial charge in [0.15, 0.2) is 0 Å². The van der Waals surface area contributed by atoms with Gasteiger partial charge in [-0.2, -0.15) is 0 Å². The first-order valence-electron chi connectivity index (χ1n) is 8.30. The van der Waals surface area contributed by atoms with E-state index in [1.165, 1.54) is 4.90 Å². The number of carbonyl (C=O) groups excluding carboxylic acids is 1. The van der Waals surface area contributed by atoms with Crippen molar-refractivity contribution in [3.05, 3.63) is 10.6 Å². The molecule has 0 spiro atoms. The third kappa shape index (κ3) is 2.90. The number of β-lactam (4-membered cyclic amide) rings is 1. The predicted molar refractivity (Wildman–Crippen MR) is 87.8 cm³/mol. The molecule has 3 rings (SSSR count). The van der Waals surface area contributed by atoms with Crippen LogP contribution in [-0.2, 0) is 9.59 Å². The van der Waals surface area contributed by atoms with Gasteiger partial charge in [0.25, 0.3) is 0 Å². The number of aliphatic carboxylic acids is 1. The fourth-order valence-corrected chi connectivity index (χ4v) is 5.43. The average Bonchev–Trinajstić information content (AvgIpc) is 3.02. The first-order valence-corrected chi connectivity index (χ1v) is 9.18. The van der Waals surface area contributed by atoms with Crippen molar-refractivity contribution in [1.29, 1.82) is 0 Å². The first-order chi connectivity index (χ1) is 10.9. The SMILES string of the molecule is CCCN1CCC(SC2=C(C(=O)O)N3C(=O)C(C(C)O)[C@H]3C2)C1. The predicted octanol–water partition coefficient (Wildman–Crippen LogP) is 1.11. The molecule has 3 aliphatic heterocycles. The lowest BCUT2D eigenvalue weighted by molar-refractivity contribution is -0.161. The number of aliphatic hydroxyl groups excluding tert-OH is 1. The second-order valence-electron chi connectivity index (χ2n) is 6.65. The molecule has 128 valence electrons. The van der Waals surface area contributed by atoms with Crippen molar-refractivity contribution in [2.24, 2.45) is 5.92 Å². The van der Waals surface area contributed by atoms with E-state index in [1.807, 2.05) is 0 Å². The van der Waals surface area contributed by atoms with Gasteiger partial charge in [-0.1, -0.05) is 6.92 Å². The van der Waals surface area contributed by atoms with Gasteiger partial charge in [0.2, 0.25) is 5.91 Å². The van der Waals surface area contributed by atoms with Gasteiger partial charge in [0.05, 0.1) is 18.1 Å². The summed E-state index contributed by atoms with van der Waals surface area (Å²) in [6.07, 6.45) is 2.02. The summed E-state index contributed by atoms with van der Waals surface area (Å²) in [5.74, 6) is -1.74. The number of amides is 1. The molecule has 23 heavy (non-hydrogen) atoms. The third-order valence-electron chi connectivity index (χ3n) is 4.97. The summed E-state index contributed by atoms with van der Waals surface area (Å²) in [6, 6.07) is -0.177. The number of hydrogen-bond donors (Lipinski definition) is 2. The minimum absolute atomic E-state index is 0.149. The molecule has 4 atom stereocenters. The number of carboxylic acid groups (broad SMARTS) is 1. The Kier molecular flexibility index (Phi) is 4.71. The fraction of sp³-hybridized carbons (Fsp3) is 0.750. The molecule has 7 heteroatoms. The number of hydrogen-bond acceptors (Lipinski definition) is 5. The van der Waals surface area contributed by atoms with Gasteiger partial charge in [0.1, 0.15) is 5.70 Å². The maximum absolute atomic E-state index is 12.2. The molecule has 0 aliphatic carbocycles. The molecular weight excluding hydrogens is 316 g/mol. The van der Waals surface area contributed by atoms with Crippen LogP contribution in [0.2, 0.25) is 0 Å². The van der Waals surface area contributed by atoms with Crippen LogP contribution in [0.5, 0.6) is 0 Å². The van der Waals surface area contributed by atoms with Crippen molar-refractivity contribution in [3.8, 4) is 0 Å². The molecule has 2 N–H and O–H groups in total. The molecule has 3 heterocycles. The maximum atomic E-state index is 12.2. The van der Waals surface area contributed by atoms with E-state index in [1.54, 1.807) is 18.7 Å². The first kappa shape index (κ1) is 16.8. The molecule has 1 amide bonds. The van der Waals surface area contributed by atoms with Crippen LogP contribution in [0.1, 0.15) is 33.1 Å². The number of thioether (sulfide) groups is 1. The lowest BCUT2D eigenvalue weighted by Gasteiger charge is -2.44. The zero-order valence-corrected chi connectivity index (χ0v) is 14.4. The lowest BCUT2D eigenvalue weighted by Crippen LogP contribution is -2.61. The van der Waals surface area contributed by atoms with Gasteiger partial charge in [-0.25, -0.2) is 4.79 Å². The normalized spacial score (nSPS) is 32.2. The highest BCUT2D eigenvalue weighted by Gasteiger charge is 2.57. The van der Waals surface area contributed by atoms with Gasteiger partial charge < -0.3 is 20.0 Å². The van der Waals surface area contributed by atoms with Crippen LogP contribution < -0.4 is 0 Å². The van der Waals surface area contributed by atoms with E-state index in [4.69, 9.17) is 0 Å². The van der Waals surface area contributed by atoms with Crippen LogP contribution in [0.25, 0.3) is 0 Å². The summed E-state index contributed by atoms with van der Waals surface area (Å²) in [5.41, 5.74) is 0.149. The van der Waals surface area contributed by atoms with Crippen molar-refractivity contribution in [2.75, 3.05) is 19.6 Å². The largest absolute Gasteiger partial charge is 0.477 e. The second kappa shape index (κ2) is 6.45. The molecule has 0 aromatic heterocycles. The van der Waals surface area contributed by atoms with Crippen molar-refractivity contribution in [1.82, 2.24) is 9.80 Å². The summed E-state index contributed by atoms with van der Waals surface area (Å²) in [7, 11) is 0. The van der Waals surface area contributed by atoms with E-state index in [0.29, 0.717) is 11.7 Å². The molecule has 0 bridgehead atoms. The summed E-state index contributed by atoms with van der Waals surface area (Å²) in [6.45, 7) is 6.89. The second-order valence-corrected chi connectivity index (χ2v) is 8.05. The number of likely N-dealkylation sites (tertiary alicyclic amines) is 1. The van der Waals surface area contributed by atoms with Crippen LogP contribution >= 0.6 is 11.8 Å². The van der Waals surface area contributed by atoms with E-state index in [-0.39, 0.29) is 17.6 Å². The van der Waals surface area contributed by atoms with Gasteiger partial charge in [-0.3, -0.25) is 4.79 Å². The van der Waals surface area contributed by atoms with E-state index < -0.39 is 18.0 Å². The average molecular weight is 340 g/mol. The van der Waals surface area contributed by atoms with E-state index in [0.717, 1.165) is 37.4 Å². The summed E-state index contributed by atoms with van der Waals surface area (Å²) >= 11 is 1.63. The number of aliphatic hydroxyl groups is 1. The smallest absolute Gasteiger partial charge is 0.353 e. The molecule has 2 saturated heterocycles. The van der Waals surface area contributed by atoms with Crippen LogP contribution in [0.15, 0.2) is 10.6 Å². The van der Waals surface area contributed by atoms with Gasteiger partial charge in [-0.05, 0) is 32.9 Å². The number of nitrogens with zero attached hydrogens (tertiary/aromatic N) is 2. The van der Waals surface area contributed by atoms with Gasteiger partial charge >= 0.3 is 5.97 Å². The zero-order valence-electron chi connectivity index (χ0n) is 13.6. The number of carboxylic acids is 1. The Bertz CT molecular complexity index is 548. The van der Waals surface area contributed by atoms with Crippen LogP contribution in [-0.4, -0.2) is 68.9 Å². The Morgan fingerprint density at radius 3 is 2.83 bits per heavy atom. The van der Waals surface area contributed by atoms with E-state index >= 15 is 0 Å². The van der Waals surface area contributed by atoms with Crippen molar-refractivity contribution in [2.45, 2.75) is 50.5 Å². The summed E-state index contributed by atoms with van der Waals surface area (Å²) in [5, 5.41) is 19.7. The zero-order chi connectivity index (χ0) is 16.7. The molecule has 0 aromatic rings. The Morgan fingerprint density at radius 1 is 1.48 bits per heavy atom. The van der Waals surface area contributed by atoms with Crippen LogP contribution in [0.4, 0.5) is 0 Å². The van der Waals surface area contributed by atoms with E-state index in [2.05, 4.69) is 11.8 Å². The van der Waals surface area contributed by atoms with Crippen LogP contribution in [0.3, 0.4) is 0 Å². The molecule has 0 saturated carbocycles. The van der Waals surface area contributed by atoms with Gasteiger partial charge in [0, 0.05) is 23.1 Å². The minimum atomic E-state index is -1.03. The maximum Gasteiger partial charge on any atom is 0.353 e. The molecule has 3 unspecified atom stereocenters. The molecular formula is C16H24N2O4S. The molecule has 3 aliphatic rings. The summed E-state index contributed by atoms with van der Waals surface area (Å²) in [4.78, 5) is 28.4. The minimum Gasteiger partial charge on any atom is -0.477 e. The molecule has 0 aromatic carbocycles. The van der Waals surface area contributed by atoms with E-state index in [9.17, 15) is 19.8 Å². The quantitative estimate of drug-likeness (QED) is 0.705. The monoisotopic (exact) mass is 340 g/mol. The fourth-order valence-electron chi connectivity index (χ4n) is 3.95. The molecule has 6 nitrogen and oxygen atoms in total. The Morgan fingerprint density at radius 2 is 2.22 bits per heavy atom. The standard InChI is InChI=1S/C16H24N2O4S/c1-3-5-17-6-4-10(8-17)23-12-7-11-13(9(2)19)15(20)18(11)14(12)16(21)22/h9-11,13,19H,3-8H2,1-2H3,(H,21,22)/t9?,10?,11-,13?/m1/s1. The lowest BCUT2D eigenvalue weighted by atomic mass is 9.83. The molecule has 0 radical (unpaired) electrons.